The Labute approximate surface area is 254 Å². The SMILES string of the molecule is CCCC1CCN(CCCC(=O)c2ccc3c(c2)Cc2cc(C(=O)CCCN4CCC(CCC)CC4)ccc2O3)CC1. The van der Waals surface area contributed by atoms with Crippen molar-refractivity contribution in [3.8, 4) is 11.5 Å². The van der Waals surface area contributed by atoms with Crippen molar-refractivity contribution < 1.29 is 14.3 Å². The van der Waals surface area contributed by atoms with Gasteiger partial charge in [-0.15, -0.1) is 0 Å². The minimum absolute atomic E-state index is 0.211. The van der Waals surface area contributed by atoms with E-state index in [1.54, 1.807) is 0 Å². The Morgan fingerprint density at radius 3 is 1.52 bits per heavy atom. The van der Waals surface area contributed by atoms with E-state index in [1.165, 1.54) is 77.5 Å². The molecule has 5 nitrogen and oxygen atoms in total. The molecule has 3 heterocycles. The summed E-state index contributed by atoms with van der Waals surface area (Å²) in [6.45, 7) is 11.3. The van der Waals surface area contributed by atoms with Gasteiger partial charge in [-0.3, -0.25) is 9.59 Å². The second-order valence-corrected chi connectivity index (χ2v) is 13.1. The molecule has 2 saturated heterocycles. The van der Waals surface area contributed by atoms with Gasteiger partial charge in [0, 0.05) is 41.5 Å². The smallest absolute Gasteiger partial charge is 0.162 e. The molecular weight excluding hydrogens is 520 g/mol. The van der Waals surface area contributed by atoms with Crippen LogP contribution in [-0.4, -0.2) is 60.6 Å². The first-order valence-corrected chi connectivity index (χ1v) is 17.0. The van der Waals surface area contributed by atoms with Crippen LogP contribution in [0, 0.1) is 11.8 Å². The van der Waals surface area contributed by atoms with Crippen LogP contribution in [0.15, 0.2) is 36.4 Å². The van der Waals surface area contributed by atoms with E-state index < -0.39 is 0 Å². The summed E-state index contributed by atoms with van der Waals surface area (Å²) in [5.41, 5.74) is 3.60. The average molecular weight is 573 g/mol. The van der Waals surface area contributed by atoms with E-state index in [0.29, 0.717) is 19.3 Å². The molecule has 2 aromatic carbocycles. The minimum atomic E-state index is 0.211. The largest absolute Gasteiger partial charge is 0.457 e. The van der Waals surface area contributed by atoms with Crippen molar-refractivity contribution >= 4 is 11.6 Å². The Balaban J connectivity index is 1.08. The van der Waals surface area contributed by atoms with Gasteiger partial charge >= 0.3 is 0 Å². The number of ketones is 2. The fraction of sp³-hybridized carbons (Fsp3) is 0.622. The molecule has 0 atom stereocenters. The molecule has 0 N–H and O–H groups in total. The van der Waals surface area contributed by atoms with Gasteiger partial charge in [0.15, 0.2) is 11.6 Å². The molecule has 0 saturated carbocycles. The van der Waals surface area contributed by atoms with E-state index >= 15 is 0 Å². The van der Waals surface area contributed by atoms with Gasteiger partial charge in [0.2, 0.25) is 0 Å². The summed E-state index contributed by atoms with van der Waals surface area (Å²) in [5, 5.41) is 0. The molecule has 0 radical (unpaired) electrons. The van der Waals surface area contributed by atoms with Gasteiger partial charge in [-0.2, -0.15) is 0 Å². The average Bonchev–Trinajstić information content (AvgIpc) is 3.01. The summed E-state index contributed by atoms with van der Waals surface area (Å²) in [5.74, 6) is 3.85. The number of Topliss-reactive ketones (excluding diaryl/α,β-unsaturated/α-hetero) is 2. The third kappa shape index (κ3) is 8.32. The molecule has 0 amide bonds. The maximum Gasteiger partial charge on any atom is 0.162 e. The topological polar surface area (TPSA) is 49.9 Å². The van der Waals surface area contributed by atoms with E-state index in [-0.39, 0.29) is 11.6 Å². The Bertz CT molecular complexity index is 1100. The highest BCUT2D eigenvalue weighted by atomic mass is 16.5. The number of fused-ring (bicyclic) bond motifs is 2. The molecule has 2 fully saturated rings. The number of rotatable bonds is 14. The van der Waals surface area contributed by atoms with E-state index in [1.807, 2.05) is 36.4 Å². The predicted octanol–water partition coefficient (Wildman–Crippen LogP) is 8.33. The Morgan fingerprint density at radius 1 is 0.690 bits per heavy atom. The van der Waals surface area contributed by atoms with Gasteiger partial charge in [-0.1, -0.05) is 39.5 Å². The number of hydrogen-bond donors (Lipinski definition) is 0. The molecular formula is C37H52N2O3. The molecule has 0 spiro atoms. The first-order chi connectivity index (χ1) is 20.5. The summed E-state index contributed by atoms with van der Waals surface area (Å²) < 4.78 is 6.18. The van der Waals surface area contributed by atoms with Crippen LogP contribution in [0.4, 0.5) is 0 Å². The van der Waals surface area contributed by atoms with Crippen molar-refractivity contribution in [1.29, 1.82) is 0 Å². The molecule has 0 unspecified atom stereocenters. The second kappa shape index (κ2) is 15.3. The van der Waals surface area contributed by atoms with Gasteiger partial charge in [-0.05, 0) is 126 Å². The zero-order valence-electron chi connectivity index (χ0n) is 26.2. The standard InChI is InChI=1S/C37H52N2O3/c1-3-7-28-15-21-38(22-16-28)19-5-9-34(40)30-11-13-36-32(25-30)27-33-26-31(12-14-37(33)42-36)35(41)10-6-20-39-23-17-29(8-4-2)18-24-39/h11-14,25-26,28-29H,3-10,15-24,27H2,1-2H3. The number of ether oxygens (including phenoxy) is 1. The Kier molecular flexibility index (Phi) is 11.3. The van der Waals surface area contributed by atoms with Crippen LogP contribution in [0.3, 0.4) is 0 Å². The van der Waals surface area contributed by atoms with E-state index in [9.17, 15) is 9.59 Å². The third-order valence-electron chi connectivity index (χ3n) is 9.93. The van der Waals surface area contributed by atoms with Crippen molar-refractivity contribution in [1.82, 2.24) is 9.80 Å². The molecule has 0 aliphatic carbocycles. The normalized spacial score (nSPS) is 18.3. The van der Waals surface area contributed by atoms with Crippen LogP contribution >= 0.6 is 0 Å². The van der Waals surface area contributed by atoms with E-state index in [4.69, 9.17) is 4.74 Å². The number of nitrogens with zero attached hydrogens (tertiary/aromatic N) is 2. The highest BCUT2D eigenvalue weighted by Crippen LogP contribution is 2.38. The molecule has 42 heavy (non-hydrogen) atoms. The number of carbonyl (C=O) groups excluding carboxylic acids is 2. The maximum atomic E-state index is 13.1. The first-order valence-electron chi connectivity index (χ1n) is 17.0. The van der Waals surface area contributed by atoms with Crippen molar-refractivity contribution in [3.63, 3.8) is 0 Å². The van der Waals surface area contributed by atoms with Crippen LogP contribution in [0.2, 0.25) is 0 Å². The van der Waals surface area contributed by atoms with Crippen LogP contribution in [-0.2, 0) is 6.42 Å². The lowest BCUT2D eigenvalue weighted by Crippen LogP contribution is -2.34. The fourth-order valence-electron chi connectivity index (χ4n) is 7.33. The fourth-order valence-corrected chi connectivity index (χ4v) is 7.33. The minimum Gasteiger partial charge on any atom is -0.457 e. The van der Waals surface area contributed by atoms with Crippen LogP contribution in [0.25, 0.3) is 0 Å². The highest BCUT2D eigenvalue weighted by molar-refractivity contribution is 5.97. The predicted molar refractivity (Wildman–Crippen MR) is 171 cm³/mol. The van der Waals surface area contributed by atoms with Gasteiger partial charge in [0.25, 0.3) is 0 Å². The monoisotopic (exact) mass is 572 g/mol. The van der Waals surface area contributed by atoms with Crippen molar-refractivity contribution in [3.05, 3.63) is 58.7 Å². The molecule has 0 aromatic heterocycles. The van der Waals surface area contributed by atoms with Crippen LogP contribution in [0.5, 0.6) is 11.5 Å². The number of likely N-dealkylation sites (tertiary alicyclic amines) is 2. The molecule has 0 bridgehead atoms. The Morgan fingerprint density at radius 2 is 1.12 bits per heavy atom. The van der Waals surface area contributed by atoms with Gasteiger partial charge in [0.1, 0.15) is 11.5 Å². The molecule has 228 valence electrons. The lowest BCUT2D eigenvalue weighted by Gasteiger charge is -2.31. The highest BCUT2D eigenvalue weighted by Gasteiger charge is 2.22. The number of benzene rings is 2. The quantitative estimate of drug-likeness (QED) is 0.182. The summed E-state index contributed by atoms with van der Waals surface area (Å²) in [4.78, 5) is 31.2. The number of hydrogen-bond acceptors (Lipinski definition) is 5. The zero-order chi connectivity index (χ0) is 29.3. The molecule has 2 aromatic rings. The van der Waals surface area contributed by atoms with E-state index in [2.05, 4.69) is 23.6 Å². The van der Waals surface area contributed by atoms with Crippen LogP contribution in [0.1, 0.15) is 123 Å². The van der Waals surface area contributed by atoms with Crippen molar-refractivity contribution in [2.75, 3.05) is 39.3 Å². The lowest BCUT2D eigenvalue weighted by atomic mass is 9.92. The second-order valence-electron chi connectivity index (χ2n) is 13.1. The summed E-state index contributed by atoms with van der Waals surface area (Å²) in [7, 11) is 0. The Hall–Kier alpha value is -2.50. The maximum absolute atomic E-state index is 13.1. The summed E-state index contributed by atoms with van der Waals surface area (Å²) >= 11 is 0. The van der Waals surface area contributed by atoms with Crippen LogP contribution < -0.4 is 4.74 Å². The number of piperidine rings is 2. The summed E-state index contributed by atoms with van der Waals surface area (Å²) in [6.07, 6.45) is 14.2. The van der Waals surface area contributed by atoms with Crippen molar-refractivity contribution in [2.45, 2.75) is 97.3 Å². The number of carbonyl (C=O) groups is 2. The van der Waals surface area contributed by atoms with Crippen molar-refractivity contribution in [2.24, 2.45) is 11.8 Å². The zero-order valence-corrected chi connectivity index (χ0v) is 26.2. The van der Waals surface area contributed by atoms with Gasteiger partial charge in [0.05, 0.1) is 0 Å². The van der Waals surface area contributed by atoms with Gasteiger partial charge < -0.3 is 14.5 Å². The third-order valence-corrected chi connectivity index (χ3v) is 9.93. The summed E-state index contributed by atoms with van der Waals surface area (Å²) in [6, 6.07) is 11.7. The molecule has 5 rings (SSSR count). The first kappa shape index (κ1) is 30.9. The van der Waals surface area contributed by atoms with Gasteiger partial charge in [-0.25, -0.2) is 0 Å². The van der Waals surface area contributed by atoms with E-state index in [0.717, 1.165) is 71.5 Å². The molecule has 3 aliphatic heterocycles. The molecule has 5 heteroatoms. The lowest BCUT2D eigenvalue weighted by molar-refractivity contribution is 0.0962. The molecule has 3 aliphatic rings.